The van der Waals surface area contributed by atoms with E-state index >= 15 is 0 Å². The largest absolute Gasteiger partial charge is 0.480 e. The summed E-state index contributed by atoms with van der Waals surface area (Å²) in [5.74, 6) is -1.04. The summed E-state index contributed by atoms with van der Waals surface area (Å²) in [5, 5.41) is 11.3. The molecule has 0 aliphatic carbocycles. The molecule has 2 rings (SSSR count). The Bertz CT molecular complexity index is 439. The fraction of sp³-hybridized carbons (Fsp3) is 0.364. The number of rotatable bonds is 2. The van der Waals surface area contributed by atoms with Gasteiger partial charge in [-0.25, -0.2) is 0 Å². The van der Waals surface area contributed by atoms with Gasteiger partial charge in [0, 0.05) is 6.04 Å². The van der Waals surface area contributed by atoms with Crippen molar-refractivity contribution in [1.82, 2.24) is 5.32 Å². The van der Waals surface area contributed by atoms with Crippen LogP contribution in [0.15, 0.2) is 24.3 Å². The van der Waals surface area contributed by atoms with E-state index in [-0.39, 0.29) is 12.0 Å². The Morgan fingerprint density at radius 2 is 1.94 bits per heavy atom. The summed E-state index contributed by atoms with van der Waals surface area (Å²) in [6.07, 6.45) is -4.23. The molecule has 1 aromatic rings. The van der Waals surface area contributed by atoms with Crippen LogP contribution >= 0.6 is 0 Å². The highest BCUT2D eigenvalue weighted by molar-refractivity contribution is 5.75. The highest BCUT2D eigenvalue weighted by Gasteiger charge is 2.40. The highest BCUT2D eigenvalue weighted by Crippen LogP contribution is 2.38. The first kappa shape index (κ1) is 11.9. The van der Waals surface area contributed by atoms with Crippen molar-refractivity contribution in [2.45, 2.75) is 24.7 Å². The van der Waals surface area contributed by atoms with Crippen molar-refractivity contribution in [2.75, 3.05) is 0 Å². The molecule has 1 saturated heterocycles. The molecule has 1 aromatic carbocycles. The van der Waals surface area contributed by atoms with E-state index in [4.69, 9.17) is 5.11 Å². The first-order valence-corrected chi connectivity index (χ1v) is 5.04. The van der Waals surface area contributed by atoms with Gasteiger partial charge in [-0.05, 0) is 18.1 Å². The van der Waals surface area contributed by atoms with E-state index in [1.54, 1.807) is 0 Å². The summed E-state index contributed by atoms with van der Waals surface area (Å²) < 4.78 is 38.0. The molecule has 0 radical (unpaired) electrons. The number of carbonyl (C=O) groups is 1. The van der Waals surface area contributed by atoms with Gasteiger partial charge in [0.25, 0.3) is 0 Å². The van der Waals surface area contributed by atoms with Crippen LogP contribution in [-0.2, 0) is 11.0 Å². The van der Waals surface area contributed by atoms with E-state index in [0.29, 0.717) is 0 Å². The van der Waals surface area contributed by atoms with Gasteiger partial charge in [0.15, 0.2) is 0 Å². The molecular weight excluding hydrogens is 235 g/mol. The lowest BCUT2D eigenvalue weighted by molar-refractivity contribution is -0.142. The molecule has 2 atom stereocenters. The molecule has 6 heteroatoms. The van der Waals surface area contributed by atoms with Gasteiger partial charge in [-0.3, -0.25) is 10.1 Å². The van der Waals surface area contributed by atoms with Gasteiger partial charge < -0.3 is 5.11 Å². The third-order valence-electron chi connectivity index (χ3n) is 2.81. The normalized spacial score (nSPS) is 24.2. The van der Waals surface area contributed by atoms with Crippen molar-refractivity contribution < 1.29 is 23.1 Å². The lowest BCUT2D eigenvalue weighted by atomic mass is 9.88. The number of alkyl halides is 3. The Morgan fingerprint density at radius 1 is 1.35 bits per heavy atom. The maximum absolute atomic E-state index is 12.7. The number of halogens is 3. The molecule has 0 amide bonds. The average molecular weight is 245 g/mol. The second-order valence-electron chi connectivity index (χ2n) is 3.93. The quantitative estimate of drug-likeness (QED) is 0.839. The standard InChI is InChI=1S/C11H10F3NO2/c12-11(13,14)7-4-2-1-3-6(7)8-5-9(15-8)10(16)17/h1-4,8-9,15H,5H2,(H,16,17). The zero-order valence-electron chi connectivity index (χ0n) is 8.66. The molecule has 1 aliphatic heterocycles. The van der Waals surface area contributed by atoms with Crippen LogP contribution in [0.1, 0.15) is 23.6 Å². The van der Waals surface area contributed by atoms with Crippen LogP contribution in [0.2, 0.25) is 0 Å². The van der Waals surface area contributed by atoms with Crippen molar-refractivity contribution in [1.29, 1.82) is 0 Å². The van der Waals surface area contributed by atoms with Gasteiger partial charge in [-0.15, -0.1) is 0 Å². The van der Waals surface area contributed by atoms with Gasteiger partial charge in [0.2, 0.25) is 0 Å². The SMILES string of the molecule is O=C(O)C1CC(c2ccccc2C(F)(F)F)N1. The first-order valence-electron chi connectivity index (χ1n) is 5.04. The fourth-order valence-electron chi connectivity index (χ4n) is 1.90. The smallest absolute Gasteiger partial charge is 0.416 e. The Morgan fingerprint density at radius 3 is 2.47 bits per heavy atom. The number of carboxylic acids is 1. The Hall–Kier alpha value is -1.56. The van der Waals surface area contributed by atoms with Crippen molar-refractivity contribution in [3.8, 4) is 0 Å². The summed E-state index contributed by atoms with van der Waals surface area (Å²) in [7, 11) is 0. The molecular formula is C11H10F3NO2. The van der Waals surface area contributed by atoms with Crippen LogP contribution in [0.4, 0.5) is 13.2 Å². The van der Waals surface area contributed by atoms with Crippen molar-refractivity contribution in [3.63, 3.8) is 0 Å². The summed E-state index contributed by atoms with van der Waals surface area (Å²) in [6.45, 7) is 0. The van der Waals surface area contributed by atoms with E-state index in [2.05, 4.69) is 5.32 Å². The molecule has 2 unspecified atom stereocenters. The van der Waals surface area contributed by atoms with Crippen LogP contribution in [0.25, 0.3) is 0 Å². The summed E-state index contributed by atoms with van der Waals surface area (Å²) in [5.41, 5.74) is -0.598. The monoisotopic (exact) mass is 245 g/mol. The zero-order valence-corrected chi connectivity index (χ0v) is 8.66. The fourth-order valence-corrected chi connectivity index (χ4v) is 1.90. The lowest BCUT2D eigenvalue weighted by Gasteiger charge is -2.36. The van der Waals surface area contributed by atoms with E-state index in [1.807, 2.05) is 0 Å². The van der Waals surface area contributed by atoms with Crippen molar-refractivity contribution >= 4 is 5.97 Å². The second-order valence-corrected chi connectivity index (χ2v) is 3.93. The highest BCUT2D eigenvalue weighted by atomic mass is 19.4. The number of carboxylic acid groups (broad SMARTS) is 1. The average Bonchev–Trinajstić information content (AvgIpc) is 2.13. The number of hydrogen-bond acceptors (Lipinski definition) is 2. The van der Waals surface area contributed by atoms with Crippen molar-refractivity contribution in [3.05, 3.63) is 35.4 Å². The van der Waals surface area contributed by atoms with Crippen LogP contribution in [-0.4, -0.2) is 17.1 Å². The number of benzene rings is 1. The van der Waals surface area contributed by atoms with Crippen LogP contribution < -0.4 is 5.32 Å². The topological polar surface area (TPSA) is 49.3 Å². The number of hydrogen-bond donors (Lipinski definition) is 2. The first-order chi connectivity index (χ1) is 7.89. The van der Waals surface area contributed by atoms with Crippen LogP contribution in [0, 0.1) is 0 Å². The van der Waals surface area contributed by atoms with E-state index in [0.717, 1.165) is 6.07 Å². The van der Waals surface area contributed by atoms with Crippen LogP contribution in [0.3, 0.4) is 0 Å². The van der Waals surface area contributed by atoms with Crippen molar-refractivity contribution in [2.24, 2.45) is 0 Å². The van der Waals surface area contributed by atoms with Gasteiger partial charge in [0.05, 0.1) is 5.56 Å². The van der Waals surface area contributed by atoms with Gasteiger partial charge >= 0.3 is 12.1 Å². The minimum absolute atomic E-state index is 0.109. The third-order valence-corrected chi connectivity index (χ3v) is 2.81. The molecule has 0 saturated carbocycles. The third kappa shape index (κ3) is 2.26. The predicted octanol–water partition coefficient (Wildman–Crippen LogP) is 2.19. The summed E-state index contributed by atoms with van der Waals surface area (Å²) in [4.78, 5) is 10.6. The molecule has 92 valence electrons. The Kier molecular flexibility index (Phi) is 2.82. The van der Waals surface area contributed by atoms with Gasteiger partial charge in [-0.1, -0.05) is 18.2 Å². The maximum Gasteiger partial charge on any atom is 0.416 e. The molecule has 1 fully saturated rings. The molecule has 0 spiro atoms. The molecule has 0 aromatic heterocycles. The van der Waals surface area contributed by atoms with Gasteiger partial charge in [0.1, 0.15) is 6.04 Å². The molecule has 2 N–H and O–H groups in total. The Labute approximate surface area is 95.3 Å². The van der Waals surface area contributed by atoms with Crippen LogP contribution in [0.5, 0.6) is 0 Å². The molecule has 3 nitrogen and oxygen atoms in total. The minimum atomic E-state index is -4.41. The van der Waals surface area contributed by atoms with Gasteiger partial charge in [-0.2, -0.15) is 13.2 Å². The zero-order chi connectivity index (χ0) is 12.6. The lowest BCUT2D eigenvalue weighted by Crippen LogP contribution is -2.51. The van der Waals surface area contributed by atoms with E-state index < -0.39 is 29.8 Å². The minimum Gasteiger partial charge on any atom is -0.480 e. The number of aliphatic carboxylic acids is 1. The molecule has 1 aliphatic rings. The summed E-state index contributed by atoms with van der Waals surface area (Å²) >= 11 is 0. The number of nitrogens with one attached hydrogen (secondary N) is 1. The summed E-state index contributed by atoms with van der Waals surface area (Å²) in [6, 6.07) is 3.93. The predicted molar refractivity (Wildman–Crippen MR) is 53.4 cm³/mol. The molecule has 17 heavy (non-hydrogen) atoms. The van der Waals surface area contributed by atoms with E-state index in [1.165, 1.54) is 18.2 Å². The maximum atomic E-state index is 12.7. The second kappa shape index (κ2) is 4.03. The van der Waals surface area contributed by atoms with E-state index in [9.17, 15) is 18.0 Å². The molecule has 1 heterocycles. The molecule has 0 bridgehead atoms. The Balaban J connectivity index is 2.21.